The van der Waals surface area contributed by atoms with Crippen LogP contribution >= 0.6 is 0 Å². The molecule has 0 fully saturated rings. The number of rotatable bonds is 23. The van der Waals surface area contributed by atoms with Crippen LogP contribution < -0.4 is 8.79 Å². The number of aliphatic imine (C=N–C) groups is 1. The van der Waals surface area contributed by atoms with Crippen molar-refractivity contribution >= 4 is 28.8 Å². The molecule has 0 aliphatic heterocycles. The molecule has 0 saturated carbocycles. The van der Waals surface area contributed by atoms with E-state index in [2.05, 4.69) is 159 Å². The zero-order valence-electron chi connectivity index (χ0n) is 36.2. The summed E-state index contributed by atoms with van der Waals surface area (Å²) >= 11 is -2.56. The van der Waals surface area contributed by atoms with Gasteiger partial charge in [-0.05, 0) is 0 Å². The van der Waals surface area contributed by atoms with Gasteiger partial charge in [-0.1, -0.05) is 19.8 Å². The molecule has 0 heterocycles. The van der Waals surface area contributed by atoms with Crippen LogP contribution in [0, 0.1) is 6.92 Å². The van der Waals surface area contributed by atoms with Gasteiger partial charge in [0.1, 0.15) is 0 Å². The number of unbranched alkanes of at least 4 members (excludes halogenated alkanes) is 6. The minimum atomic E-state index is -2.56. The average Bonchev–Trinajstić information content (AvgIpc) is 3.26. The Morgan fingerprint density at radius 2 is 1.14 bits per heavy atom. The summed E-state index contributed by atoms with van der Waals surface area (Å²) in [5, 5.41) is 0.517. The molecule has 0 saturated heterocycles. The van der Waals surface area contributed by atoms with Crippen LogP contribution in [-0.4, -0.2) is 18.5 Å². The van der Waals surface area contributed by atoms with Crippen LogP contribution in [0.15, 0.2) is 126 Å². The third-order valence-electron chi connectivity index (χ3n) is 11.0. The second kappa shape index (κ2) is 22.9. The molecule has 314 valence electrons. The fraction of sp³-hybridized carbons (Fsp3) is 0.340. The van der Waals surface area contributed by atoms with Gasteiger partial charge in [-0.2, -0.15) is 0 Å². The summed E-state index contributed by atoms with van der Waals surface area (Å²) in [4.78, 5) is 30.6. The van der Waals surface area contributed by atoms with Gasteiger partial charge in [0.25, 0.3) is 0 Å². The van der Waals surface area contributed by atoms with Crippen LogP contribution in [0.5, 0.6) is 0 Å². The molecule has 0 aromatic heterocycles. The molecule has 0 radical (unpaired) electrons. The number of carbonyl (C=O) groups is 2. The van der Waals surface area contributed by atoms with E-state index in [1.165, 1.54) is 71.0 Å². The molecule has 5 nitrogen and oxygen atoms in total. The number of hydrogen-bond acceptors (Lipinski definition) is 3. The Bertz CT molecular complexity index is 2170. The maximum atomic E-state index is 12.6. The number of aryl methyl sites for hydroxylation is 3. The van der Waals surface area contributed by atoms with Crippen molar-refractivity contribution in [1.29, 1.82) is 0 Å². The van der Waals surface area contributed by atoms with Crippen LogP contribution in [0.2, 0.25) is 5.39 Å². The van der Waals surface area contributed by atoms with Crippen molar-refractivity contribution < 1.29 is 22.4 Å². The second-order valence-corrected chi connectivity index (χ2v) is 18.7. The van der Waals surface area contributed by atoms with Gasteiger partial charge in [0.05, 0.1) is 0 Å². The van der Waals surface area contributed by atoms with E-state index >= 15 is 0 Å². The van der Waals surface area contributed by atoms with E-state index in [4.69, 9.17) is 4.99 Å². The summed E-state index contributed by atoms with van der Waals surface area (Å²) in [6, 6.07) is 41.0. The summed E-state index contributed by atoms with van der Waals surface area (Å²) in [6.45, 7) is 13.0. The third-order valence-corrected chi connectivity index (χ3v) is 14.7. The van der Waals surface area contributed by atoms with Crippen molar-refractivity contribution in [2.24, 2.45) is 4.99 Å². The number of benzene rings is 5. The molecule has 0 aliphatic carbocycles. The van der Waals surface area contributed by atoms with Crippen LogP contribution in [0.3, 0.4) is 0 Å². The number of amides is 2. The Labute approximate surface area is 357 Å². The molecule has 0 unspecified atom stereocenters. The quantitative estimate of drug-likeness (QED) is 0.0298. The van der Waals surface area contributed by atoms with E-state index < -0.39 is 12.8 Å². The van der Waals surface area contributed by atoms with Gasteiger partial charge in [0.15, 0.2) is 0 Å². The van der Waals surface area contributed by atoms with Gasteiger partial charge in [0.2, 0.25) is 0 Å². The topological polar surface area (TPSA) is 70.6 Å². The molecular formula is C53H65N3NiO2. The Morgan fingerprint density at radius 3 is 1.69 bits per heavy atom. The number of nitrogens with one attached hydrogen (secondary N) is 2. The predicted molar refractivity (Wildman–Crippen MR) is 248 cm³/mol. The SMILES string of the molecule is CCCCCCCCc1cc(N=C(CC)C(C)=[C](c2cc(CCCC)c(-c3ccccc3)c(-c3ccccc3)c2)[Ni]([CH2]C)([NH]C=O)[NH]C=O)cc(C)c1-c1ccccc1. The van der Waals surface area contributed by atoms with Crippen molar-refractivity contribution in [2.75, 3.05) is 0 Å². The number of nitrogens with zero attached hydrogens (tertiary/aromatic N) is 1. The Morgan fingerprint density at radius 1 is 0.610 bits per heavy atom. The zero-order valence-corrected chi connectivity index (χ0v) is 37.2. The van der Waals surface area contributed by atoms with Crippen LogP contribution in [0.4, 0.5) is 5.69 Å². The summed E-state index contributed by atoms with van der Waals surface area (Å²) in [5.41, 5.74) is 14.7. The number of allylic oxidation sites excluding steroid dienone is 1. The first-order valence-corrected chi connectivity index (χ1v) is 23.8. The minimum absolute atomic E-state index is 0.517. The molecule has 2 N–H and O–H groups in total. The first kappa shape index (κ1) is 45.0. The normalized spacial score (nSPS) is 12.5. The number of hydrogen-bond donors (Lipinski definition) is 2. The molecule has 0 atom stereocenters. The molecule has 5 aromatic rings. The van der Waals surface area contributed by atoms with Gasteiger partial charge in [-0.15, -0.1) is 0 Å². The fourth-order valence-electron chi connectivity index (χ4n) is 8.15. The first-order chi connectivity index (χ1) is 28.8. The summed E-state index contributed by atoms with van der Waals surface area (Å²) in [6.07, 6.45) is 13.6. The second-order valence-electron chi connectivity index (χ2n) is 15.1. The van der Waals surface area contributed by atoms with Gasteiger partial charge in [-0.3, -0.25) is 0 Å². The Kier molecular flexibility index (Phi) is 17.5. The molecule has 0 aliphatic rings. The summed E-state index contributed by atoms with van der Waals surface area (Å²) in [5.74, 6) is 0. The Hall–Kier alpha value is -5.06. The van der Waals surface area contributed by atoms with Crippen molar-refractivity contribution in [3.63, 3.8) is 0 Å². The van der Waals surface area contributed by atoms with Crippen LogP contribution in [-0.2, 0) is 35.2 Å². The van der Waals surface area contributed by atoms with Crippen molar-refractivity contribution in [1.82, 2.24) is 8.79 Å². The average molecular weight is 835 g/mol. The van der Waals surface area contributed by atoms with E-state index in [0.29, 0.717) is 11.8 Å². The fourth-order valence-corrected chi connectivity index (χ4v) is 11.1. The molecule has 5 aromatic carbocycles. The molecule has 0 bridgehead atoms. The van der Waals surface area contributed by atoms with E-state index in [1.807, 2.05) is 6.92 Å². The van der Waals surface area contributed by atoms with Gasteiger partial charge < -0.3 is 0 Å². The molecule has 6 heteroatoms. The molecule has 5 rings (SSSR count). The molecule has 2 amide bonds. The van der Waals surface area contributed by atoms with Gasteiger partial charge >= 0.3 is 339 Å². The van der Waals surface area contributed by atoms with E-state index in [0.717, 1.165) is 83.1 Å². The third kappa shape index (κ3) is 11.4. The van der Waals surface area contributed by atoms with Gasteiger partial charge in [-0.25, -0.2) is 0 Å². The molecular weight excluding hydrogens is 769 g/mol. The van der Waals surface area contributed by atoms with Crippen molar-refractivity contribution in [3.8, 4) is 33.4 Å². The van der Waals surface area contributed by atoms with Crippen LogP contribution in [0.1, 0.15) is 115 Å². The monoisotopic (exact) mass is 833 g/mol. The summed E-state index contributed by atoms with van der Waals surface area (Å²) in [7, 11) is 0. The van der Waals surface area contributed by atoms with E-state index in [9.17, 15) is 9.59 Å². The maximum absolute atomic E-state index is 12.6. The van der Waals surface area contributed by atoms with Gasteiger partial charge in [0, 0.05) is 0 Å². The predicted octanol–water partition coefficient (Wildman–Crippen LogP) is 14.1. The van der Waals surface area contributed by atoms with E-state index in [1.54, 1.807) is 0 Å². The summed E-state index contributed by atoms with van der Waals surface area (Å²) < 4.78 is 7.29. The molecule has 0 spiro atoms. The van der Waals surface area contributed by atoms with Crippen LogP contribution in [0.25, 0.3) is 37.9 Å². The van der Waals surface area contributed by atoms with Crippen molar-refractivity contribution in [3.05, 3.63) is 143 Å². The molecule has 59 heavy (non-hydrogen) atoms. The standard InChI is InChI=1S/C49H56N.C2H5.2CH3NO.Ni/c1-6-9-11-12-13-17-31-44-36-45(33-38(5)48(44)41-27-20-15-21-28-41)50-47(8-3)37(4)32-39-34-43(24-10-7-2)49(42-29-22-16-23-30-42)46(35-39)40-25-18-14-19-26-40;1-2;2*2-1-3;/h14-16,18-23,25-30,33-36H,6-13,17,24,31H2,1-5H3;1H2,2H3;2*1H,(H2,2,3);/q;;;;+2/p-2. The number of carbonyl (C=O) groups excluding carboxylic acids is 2. The van der Waals surface area contributed by atoms with Crippen molar-refractivity contribution in [2.45, 2.75) is 118 Å². The zero-order chi connectivity index (χ0) is 42.0. The first-order valence-electron chi connectivity index (χ1n) is 21.6. The Balaban J connectivity index is 1.78. The van der Waals surface area contributed by atoms with E-state index in [-0.39, 0.29) is 0 Å².